The molecule has 2 rings (SSSR count). The molecule has 1 unspecified atom stereocenters. The maximum Gasteiger partial charge on any atom is 0.328 e. The Hall–Kier alpha value is -1.36. The van der Waals surface area contributed by atoms with E-state index in [1.807, 2.05) is 45.1 Å². The zero-order chi connectivity index (χ0) is 14.4. The van der Waals surface area contributed by atoms with Gasteiger partial charge >= 0.3 is 6.03 Å². The molecule has 0 radical (unpaired) electrons. The van der Waals surface area contributed by atoms with Crippen LogP contribution in [-0.4, -0.2) is 28.2 Å². The molecule has 1 saturated heterocycles. The fraction of sp³-hybridized carbons (Fsp3) is 0.429. The Bertz CT molecular complexity index is 452. The van der Waals surface area contributed by atoms with Gasteiger partial charge in [-0.3, -0.25) is 15.0 Å². The average molecular weight is 327 g/mol. The fourth-order valence-corrected chi connectivity index (χ4v) is 2.10. The van der Waals surface area contributed by atoms with E-state index in [1.54, 1.807) is 4.90 Å². The monoisotopic (exact) mass is 326 g/mol. The molecule has 0 spiro atoms. The fourth-order valence-electron chi connectivity index (χ4n) is 1.80. The first-order chi connectivity index (χ1) is 9.08. The van der Waals surface area contributed by atoms with Crippen LogP contribution in [0.5, 0.6) is 0 Å². The lowest BCUT2D eigenvalue weighted by Crippen LogP contribution is -2.48. The number of imide groups is 1. The van der Waals surface area contributed by atoms with Crippen molar-refractivity contribution in [3.63, 3.8) is 0 Å². The number of nitrogens with zero attached hydrogens (tertiary/aromatic N) is 1. The van der Waals surface area contributed by atoms with Gasteiger partial charge < -0.3 is 0 Å². The predicted molar refractivity (Wildman–Crippen MR) is 79.9 cm³/mol. The van der Waals surface area contributed by atoms with Gasteiger partial charge in [-0.2, -0.15) is 0 Å². The molecule has 1 N–H and O–H groups in total. The molecule has 0 aromatic carbocycles. The lowest BCUT2D eigenvalue weighted by atomic mass is 10.2. The highest BCUT2D eigenvalue weighted by molar-refractivity contribution is 9.09. The molecule has 4 nitrogen and oxygen atoms in total. The number of carbonyl (C=O) groups is 2. The van der Waals surface area contributed by atoms with Crippen molar-refractivity contribution in [3.8, 4) is 0 Å². The van der Waals surface area contributed by atoms with Gasteiger partial charge in [0.25, 0.3) is 0 Å². The summed E-state index contributed by atoms with van der Waals surface area (Å²) in [6, 6.07) is -0.346. The van der Waals surface area contributed by atoms with Crippen molar-refractivity contribution >= 4 is 27.9 Å². The van der Waals surface area contributed by atoms with Gasteiger partial charge in [0.15, 0.2) is 0 Å². The van der Waals surface area contributed by atoms with E-state index < -0.39 is 0 Å². The molecule has 1 aliphatic carbocycles. The highest BCUT2D eigenvalue weighted by atomic mass is 79.9. The number of rotatable bonds is 1. The maximum atomic E-state index is 11.7. The minimum atomic E-state index is -0.346. The first-order valence-corrected chi connectivity index (χ1v) is 7.32. The van der Waals surface area contributed by atoms with E-state index in [4.69, 9.17) is 0 Å². The highest BCUT2D eigenvalue weighted by Crippen LogP contribution is 2.21. The van der Waals surface area contributed by atoms with E-state index in [0.717, 1.165) is 11.3 Å². The molecular weight excluding hydrogens is 308 g/mol. The van der Waals surface area contributed by atoms with Gasteiger partial charge in [0, 0.05) is 18.7 Å². The van der Waals surface area contributed by atoms with Crippen LogP contribution in [0.3, 0.4) is 0 Å². The van der Waals surface area contributed by atoms with Crippen LogP contribution >= 0.6 is 15.9 Å². The SMILES string of the molecule is CC.CC1=C(N2CCC(=O)NC2=O)C=CC(Br)C=C1. The van der Waals surface area contributed by atoms with Crippen molar-refractivity contribution in [2.75, 3.05) is 6.54 Å². The predicted octanol–water partition coefficient (Wildman–Crippen LogP) is 3.12. The van der Waals surface area contributed by atoms with Crippen LogP contribution in [0.25, 0.3) is 0 Å². The number of halogens is 1. The molecule has 1 heterocycles. The Morgan fingerprint density at radius 2 is 1.89 bits per heavy atom. The number of allylic oxidation sites excluding steroid dienone is 5. The Balaban J connectivity index is 0.000000861. The number of alkyl halides is 1. The van der Waals surface area contributed by atoms with Gasteiger partial charge in [-0.25, -0.2) is 4.79 Å². The topological polar surface area (TPSA) is 49.4 Å². The number of amides is 3. The molecule has 5 heteroatoms. The molecule has 19 heavy (non-hydrogen) atoms. The zero-order valence-electron chi connectivity index (χ0n) is 11.4. The summed E-state index contributed by atoms with van der Waals surface area (Å²) in [6.07, 6.45) is 8.19. The maximum absolute atomic E-state index is 11.7. The third-order valence-corrected chi connectivity index (χ3v) is 3.33. The van der Waals surface area contributed by atoms with Gasteiger partial charge in [-0.05, 0) is 18.6 Å². The molecule has 1 aliphatic heterocycles. The van der Waals surface area contributed by atoms with Crippen molar-refractivity contribution in [1.82, 2.24) is 10.2 Å². The van der Waals surface area contributed by atoms with Crippen LogP contribution in [0.2, 0.25) is 0 Å². The molecule has 2 aliphatic rings. The van der Waals surface area contributed by atoms with Gasteiger partial charge in [0.05, 0.1) is 4.83 Å². The zero-order valence-corrected chi connectivity index (χ0v) is 13.0. The standard InChI is InChI=1S/C12H13BrN2O2.C2H6/c1-8-2-3-9(13)4-5-10(8)15-7-6-11(16)14-12(15)17;1-2/h2-5,9H,6-7H2,1H3,(H,14,16,17);1-2H3. The Morgan fingerprint density at radius 3 is 2.53 bits per heavy atom. The van der Waals surface area contributed by atoms with Crippen LogP contribution in [0.4, 0.5) is 4.79 Å². The summed E-state index contributed by atoms with van der Waals surface area (Å²) in [5.41, 5.74) is 1.85. The summed E-state index contributed by atoms with van der Waals surface area (Å²) in [7, 11) is 0. The Kier molecular flexibility index (Phi) is 6.02. The van der Waals surface area contributed by atoms with Crippen molar-refractivity contribution in [1.29, 1.82) is 0 Å². The van der Waals surface area contributed by atoms with E-state index in [1.165, 1.54) is 0 Å². The number of hydrogen-bond donors (Lipinski definition) is 1. The number of hydrogen-bond acceptors (Lipinski definition) is 2. The van der Waals surface area contributed by atoms with Crippen LogP contribution < -0.4 is 5.32 Å². The molecule has 0 aromatic heterocycles. The van der Waals surface area contributed by atoms with Crippen molar-refractivity contribution < 1.29 is 9.59 Å². The van der Waals surface area contributed by atoms with Crippen LogP contribution in [0, 0.1) is 0 Å². The molecule has 0 aromatic rings. The lowest BCUT2D eigenvalue weighted by Gasteiger charge is -2.28. The molecule has 1 fully saturated rings. The molecular formula is C14H19BrN2O2. The van der Waals surface area contributed by atoms with Crippen molar-refractivity contribution in [3.05, 3.63) is 35.6 Å². The van der Waals surface area contributed by atoms with Gasteiger partial charge in [0.2, 0.25) is 5.91 Å². The molecule has 0 bridgehead atoms. The Morgan fingerprint density at radius 1 is 1.26 bits per heavy atom. The normalized spacial score (nSPS) is 22.7. The molecule has 104 valence electrons. The van der Waals surface area contributed by atoms with E-state index in [9.17, 15) is 9.59 Å². The first kappa shape index (κ1) is 15.7. The highest BCUT2D eigenvalue weighted by Gasteiger charge is 2.25. The van der Waals surface area contributed by atoms with Crippen LogP contribution in [0.15, 0.2) is 35.6 Å². The summed E-state index contributed by atoms with van der Waals surface area (Å²) in [5, 5.41) is 2.32. The van der Waals surface area contributed by atoms with Crippen molar-refractivity contribution in [2.24, 2.45) is 0 Å². The quantitative estimate of drug-likeness (QED) is 0.752. The second-order valence-corrected chi connectivity index (χ2v) is 5.04. The minimum Gasteiger partial charge on any atom is -0.293 e. The Labute approximate surface area is 122 Å². The second-order valence-electron chi connectivity index (χ2n) is 3.99. The molecule has 0 saturated carbocycles. The van der Waals surface area contributed by atoms with Crippen LogP contribution in [-0.2, 0) is 4.79 Å². The minimum absolute atomic E-state index is 0.171. The van der Waals surface area contributed by atoms with Gasteiger partial charge in [0.1, 0.15) is 0 Å². The summed E-state index contributed by atoms with van der Waals surface area (Å²) in [5.74, 6) is -0.212. The van der Waals surface area contributed by atoms with Crippen molar-refractivity contribution in [2.45, 2.75) is 32.0 Å². The first-order valence-electron chi connectivity index (χ1n) is 6.40. The number of nitrogens with one attached hydrogen (secondary N) is 1. The van der Waals surface area contributed by atoms with Gasteiger partial charge in [-0.15, -0.1) is 0 Å². The second kappa shape index (κ2) is 7.28. The van der Waals surface area contributed by atoms with Crippen LogP contribution in [0.1, 0.15) is 27.2 Å². The number of carbonyl (C=O) groups excluding carboxylic acids is 2. The van der Waals surface area contributed by atoms with E-state index in [-0.39, 0.29) is 16.8 Å². The lowest BCUT2D eigenvalue weighted by molar-refractivity contribution is -0.121. The third-order valence-electron chi connectivity index (χ3n) is 2.72. The van der Waals surface area contributed by atoms with E-state index >= 15 is 0 Å². The summed E-state index contributed by atoms with van der Waals surface area (Å²) in [4.78, 5) is 24.6. The summed E-state index contributed by atoms with van der Waals surface area (Å²) in [6.45, 7) is 6.38. The largest absolute Gasteiger partial charge is 0.328 e. The molecule has 3 amide bonds. The average Bonchev–Trinajstić information content (AvgIpc) is 2.56. The molecule has 1 atom stereocenters. The summed E-state index contributed by atoms with van der Waals surface area (Å²) >= 11 is 3.47. The summed E-state index contributed by atoms with van der Waals surface area (Å²) < 4.78 is 0. The number of urea groups is 1. The van der Waals surface area contributed by atoms with Gasteiger partial charge in [-0.1, -0.05) is 48.0 Å². The smallest absolute Gasteiger partial charge is 0.293 e. The van der Waals surface area contributed by atoms with E-state index in [2.05, 4.69) is 21.2 Å². The third kappa shape index (κ3) is 4.06. The van der Waals surface area contributed by atoms with E-state index in [0.29, 0.717) is 13.0 Å².